The van der Waals surface area contributed by atoms with Crippen LogP contribution in [0.2, 0.25) is 0 Å². The summed E-state index contributed by atoms with van der Waals surface area (Å²) in [5.74, 6) is 0. The lowest BCUT2D eigenvalue weighted by Crippen LogP contribution is -2.05. The minimum absolute atomic E-state index is 0.164. The lowest BCUT2D eigenvalue weighted by Gasteiger charge is -2.08. The van der Waals surface area contributed by atoms with Crippen LogP contribution < -0.4 is 0 Å². The molecule has 0 spiro atoms. The maximum Gasteiger partial charge on any atom is 0.382 e. The highest BCUT2D eigenvalue weighted by atomic mass is 31.2. The van der Waals surface area contributed by atoms with Crippen LogP contribution in [-0.4, -0.2) is 26.6 Å². The van der Waals surface area contributed by atoms with E-state index in [1.807, 2.05) is 6.92 Å². The Hall–Kier alpha value is -0.310. The van der Waals surface area contributed by atoms with Crippen molar-refractivity contribution in [3.8, 4) is 0 Å². The molecule has 0 aromatic carbocycles. The fourth-order valence-corrected chi connectivity index (χ4v) is 4.65. The van der Waals surface area contributed by atoms with Crippen molar-refractivity contribution in [2.24, 2.45) is 0 Å². The molecule has 2 atom stereocenters. The summed E-state index contributed by atoms with van der Waals surface area (Å²) in [4.78, 5) is 18.3. The maximum atomic E-state index is 11.5. The first-order chi connectivity index (χ1) is 9.68. The van der Waals surface area contributed by atoms with Gasteiger partial charge in [0.25, 0.3) is 5.40 Å². The molecule has 0 saturated heterocycles. The van der Waals surface area contributed by atoms with Gasteiger partial charge in [0.2, 0.25) is 6.35 Å². The number of aliphatic hydroxyl groups is 1. The van der Waals surface area contributed by atoms with Gasteiger partial charge < -0.3 is 14.9 Å². The molecule has 0 aromatic heterocycles. The Kier molecular flexibility index (Phi) is 10.3. The SMILES string of the molecule is CC(C)=CCCC(C)=CCCCC([P+](=O)CO)P(=O)(O)O. The van der Waals surface area contributed by atoms with Crippen molar-refractivity contribution < 1.29 is 24.0 Å². The van der Waals surface area contributed by atoms with Crippen molar-refractivity contribution in [3.05, 3.63) is 23.3 Å². The summed E-state index contributed by atoms with van der Waals surface area (Å²) >= 11 is 0. The summed E-state index contributed by atoms with van der Waals surface area (Å²) in [5, 5.41) is 7.59. The van der Waals surface area contributed by atoms with Crippen molar-refractivity contribution in [2.45, 2.75) is 58.3 Å². The van der Waals surface area contributed by atoms with E-state index in [1.54, 1.807) is 0 Å². The summed E-state index contributed by atoms with van der Waals surface area (Å²) in [6.07, 6.45) is 6.93. The van der Waals surface area contributed by atoms with E-state index in [2.05, 4.69) is 26.0 Å². The van der Waals surface area contributed by atoms with Crippen LogP contribution in [0.1, 0.15) is 52.9 Å². The zero-order valence-electron chi connectivity index (χ0n) is 13.0. The third kappa shape index (κ3) is 10.1. The van der Waals surface area contributed by atoms with Gasteiger partial charge in [0.1, 0.15) is 0 Å². The van der Waals surface area contributed by atoms with E-state index in [-0.39, 0.29) is 6.42 Å². The molecule has 0 bridgehead atoms. The van der Waals surface area contributed by atoms with Crippen LogP contribution in [0.5, 0.6) is 0 Å². The van der Waals surface area contributed by atoms with E-state index in [1.165, 1.54) is 11.1 Å². The monoisotopic (exact) mass is 337 g/mol. The molecule has 0 aromatic rings. The van der Waals surface area contributed by atoms with Crippen molar-refractivity contribution in [2.75, 3.05) is 6.35 Å². The number of hydrogen-bond donors (Lipinski definition) is 3. The molecular formula is C14H27O5P2+. The second kappa shape index (κ2) is 10.4. The smallest absolute Gasteiger partial charge is 0.353 e. The van der Waals surface area contributed by atoms with Gasteiger partial charge >= 0.3 is 15.4 Å². The van der Waals surface area contributed by atoms with Gasteiger partial charge in [-0.3, -0.25) is 4.57 Å². The van der Waals surface area contributed by atoms with Crippen LogP contribution in [0.25, 0.3) is 0 Å². The Morgan fingerprint density at radius 3 is 2.29 bits per heavy atom. The average molecular weight is 337 g/mol. The first-order valence-electron chi connectivity index (χ1n) is 7.07. The highest BCUT2D eigenvalue weighted by molar-refractivity contribution is 7.67. The van der Waals surface area contributed by atoms with Gasteiger partial charge in [0.05, 0.1) is 0 Å². The second-order valence-corrected chi connectivity index (χ2v) is 9.38. The molecular weight excluding hydrogens is 310 g/mol. The van der Waals surface area contributed by atoms with Gasteiger partial charge in [-0.15, -0.1) is 0 Å². The van der Waals surface area contributed by atoms with Gasteiger partial charge in [0, 0.05) is 6.42 Å². The Labute approximate surface area is 128 Å². The summed E-state index contributed by atoms with van der Waals surface area (Å²) in [6.45, 7) is 6.15. The first-order valence-corrected chi connectivity index (χ1v) is 10.3. The van der Waals surface area contributed by atoms with Crippen LogP contribution in [-0.2, 0) is 9.13 Å². The normalized spacial score (nSPS) is 14.8. The van der Waals surface area contributed by atoms with E-state index in [0.29, 0.717) is 12.8 Å². The van der Waals surface area contributed by atoms with Crippen LogP contribution >= 0.6 is 15.4 Å². The van der Waals surface area contributed by atoms with Crippen LogP contribution in [0.3, 0.4) is 0 Å². The third-order valence-corrected chi connectivity index (χ3v) is 7.02. The number of hydrogen-bond acceptors (Lipinski definition) is 3. The van der Waals surface area contributed by atoms with Gasteiger partial charge in [-0.25, -0.2) is 0 Å². The predicted octanol–water partition coefficient (Wildman–Crippen LogP) is 4.13. The molecule has 3 N–H and O–H groups in total. The molecule has 21 heavy (non-hydrogen) atoms. The summed E-state index contributed by atoms with van der Waals surface area (Å²) in [5.41, 5.74) is 2.53. The molecule has 7 heteroatoms. The molecule has 2 unspecified atom stereocenters. The predicted molar refractivity (Wildman–Crippen MR) is 86.8 cm³/mol. The number of allylic oxidation sites excluding steroid dienone is 4. The zero-order chi connectivity index (χ0) is 16.5. The molecule has 122 valence electrons. The van der Waals surface area contributed by atoms with Gasteiger partial charge in [-0.1, -0.05) is 27.9 Å². The molecule has 0 rings (SSSR count). The van der Waals surface area contributed by atoms with Crippen LogP contribution in [0, 0.1) is 0 Å². The lowest BCUT2D eigenvalue weighted by molar-refractivity contribution is 0.350. The van der Waals surface area contributed by atoms with Crippen molar-refractivity contribution in [1.29, 1.82) is 0 Å². The van der Waals surface area contributed by atoms with E-state index < -0.39 is 27.1 Å². The Morgan fingerprint density at radius 2 is 1.81 bits per heavy atom. The standard InChI is InChI=1S/C14H26O5P2/c1-12(2)7-6-9-13(3)8-4-5-10-14(20(16)11-15)21(17,18)19/h7-8,14-15H,4-6,9-11H2,1-3H3,(H-,17,18,19)/p+1. The van der Waals surface area contributed by atoms with Crippen molar-refractivity contribution in [1.82, 2.24) is 0 Å². The van der Waals surface area contributed by atoms with E-state index in [0.717, 1.165) is 12.8 Å². The zero-order valence-corrected chi connectivity index (χ0v) is 14.8. The number of unbranched alkanes of at least 4 members (excludes halogenated alkanes) is 1. The minimum Gasteiger partial charge on any atom is -0.353 e. The first kappa shape index (κ1) is 20.7. The Balaban J connectivity index is 4.24. The van der Waals surface area contributed by atoms with Crippen molar-refractivity contribution in [3.63, 3.8) is 0 Å². The second-order valence-electron chi connectivity index (χ2n) is 5.43. The molecule has 0 heterocycles. The average Bonchev–Trinajstić information content (AvgIpc) is 2.35. The molecule has 0 aliphatic heterocycles. The maximum absolute atomic E-state index is 11.5. The van der Waals surface area contributed by atoms with E-state index in [9.17, 15) is 9.13 Å². The quantitative estimate of drug-likeness (QED) is 0.316. The number of rotatable bonds is 10. The van der Waals surface area contributed by atoms with E-state index in [4.69, 9.17) is 14.9 Å². The van der Waals surface area contributed by atoms with Crippen LogP contribution in [0.15, 0.2) is 23.3 Å². The van der Waals surface area contributed by atoms with E-state index >= 15 is 0 Å². The lowest BCUT2D eigenvalue weighted by atomic mass is 10.1. The Morgan fingerprint density at radius 1 is 1.19 bits per heavy atom. The topological polar surface area (TPSA) is 94.8 Å². The molecule has 0 aliphatic carbocycles. The molecule has 0 aliphatic rings. The third-order valence-electron chi connectivity index (χ3n) is 3.11. The summed E-state index contributed by atoms with van der Waals surface area (Å²) in [7, 11) is -6.68. The fourth-order valence-electron chi connectivity index (χ4n) is 1.91. The molecule has 0 fully saturated rings. The van der Waals surface area contributed by atoms with Gasteiger partial charge in [0.15, 0.2) is 0 Å². The minimum atomic E-state index is -4.41. The highest BCUT2D eigenvalue weighted by Gasteiger charge is 2.43. The van der Waals surface area contributed by atoms with Gasteiger partial charge in [-0.05, 0) is 46.5 Å². The molecule has 5 nitrogen and oxygen atoms in total. The molecule has 0 amide bonds. The highest BCUT2D eigenvalue weighted by Crippen LogP contribution is 2.55. The molecule has 0 radical (unpaired) electrons. The summed E-state index contributed by atoms with van der Waals surface area (Å²) in [6, 6.07) is 0. The Bertz CT molecular complexity index is 433. The molecule has 0 saturated carbocycles. The fraction of sp³-hybridized carbons (Fsp3) is 0.714. The van der Waals surface area contributed by atoms with Gasteiger partial charge in [-0.2, -0.15) is 0 Å². The van der Waals surface area contributed by atoms with Crippen LogP contribution in [0.4, 0.5) is 0 Å². The summed E-state index contributed by atoms with van der Waals surface area (Å²) < 4.78 is 22.7. The van der Waals surface area contributed by atoms with Crippen molar-refractivity contribution >= 4 is 15.4 Å². The largest absolute Gasteiger partial charge is 0.382 e. The number of aliphatic hydroxyl groups excluding tert-OH is 1.